The molecule has 2 aromatic rings. The third-order valence-electron chi connectivity index (χ3n) is 3.58. The molecule has 0 saturated heterocycles. The number of benzene rings is 1. The molecule has 0 aliphatic heterocycles. The number of Topliss-reactive ketones (excluding diaryl/α,β-unsaturated/α-hetero) is 1. The fourth-order valence-electron chi connectivity index (χ4n) is 2.17. The third kappa shape index (κ3) is 4.15. The van der Waals surface area contributed by atoms with Gasteiger partial charge in [-0.05, 0) is 37.1 Å². The molecular formula is C16H16ClN3O2S2. The monoisotopic (exact) mass is 381 g/mol. The lowest BCUT2D eigenvalue weighted by Crippen LogP contribution is -2.32. The maximum atomic E-state index is 12.2. The van der Waals surface area contributed by atoms with Gasteiger partial charge in [0.1, 0.15) is 0 Å². The second-order valence-corrected chi connectivity index (χ2v) is 8.03. The van der Waals surface area contributed by atoms with Gasteiger partial charge < -0.3 is 0 Å². The molecule has 8 heteroatoms. The molecule has 126 valence electrons. The Morgan fingerprint density at radius 1 is 1.29 bits per heavy atom. The lowest BCUT2D eigenvalue weighted by molar-refractivity contribution is -0.118. The van der Waals surface area contributed by atoms with Gasteiger partial charge in [0.25, 0.3) is 0 Å². The molecule has 1 aromatic carbocycles. The largest absolute Gasteiger partial charge is 0.293 e. The average Bonchev–Trinajstić information content (AvgIpc) is 3.31. The molecule has 1 fully saturated rings. The van der Waals surface area contributed by atoms with Gasteiger partial charge in [-0.25, -0.2) is 0 Å². The molecule has 1 heterocycles. The van der Waals surface area contributed by atoms with Crippen LogP contribution in [0.1, 0.15) is 36.5 Å². The van der Waals surface area contributed by atoms with Crippen molar-refractivity contribution in [3.8, 4) is 0 Å². The number of nitrogens with zero attached hydrogens (tertiary/aromatic N) is 3. The number of aromatic nitrogens is 2. The first-order valence-electron chi connectivity index (χ1n) is 7.65. The summed E-state index contributed by atoms with van der Waals surface area (Å²) in [6, 6.07) is 7.09. The second kappa shape index (κ2) is 7.63. The average molecular weight is 382 g/mol. The van der Waals surface area contributed by atoms with Gasteiger partial charge in [-0.3, -0.25) is 14.5 Å². The molecular weight excluding hydrogens is 366 g/mol. The smallest absolute Gasteiger partial charge is 0.228 e. The molecule has 1 aliphatic rings. The normalized spacial score (nSPS) is 13.8. The summed E-state index contributed by atoms with van der Waals surface area (Å²) in [5.41, 5.74) is 0.623. The fourth-order valence-corrected chi connectivity index (χ4v) is 4.12. The molecule has 0 atom stereocenters. The molecule has 0 bridgehead atoms. The number of halogens is 1. The van der Waals surface area contributed by atoms with Crippen LogP contribution < -0.4 is 4.90 Å². The fraction of sp³-hybridized carbons (Fsp3) is 0.375. The topological polar surface area (TPSA) is 63.2 Å². The molecule has 1 amide bonds. The summed E-state index contributed by atoms with van der Waals surface area (Å²) in [6.07, 6.45) is 2.49. The van der Waals surface area contributed by atoms with Crippen LogP contribution >= 0.6 is 34.7 Å². The first kappa shape index (κ1) is 17.4. The number of thioether (sulfide) groups is 1. The number of amides is 1. The maximum Gasteiger partial charge on any atom is 0.228 e. The molecule has 3 rings (SSSR count). The summed E-state index contributed by atoms with van der Waals surface area (Å²) in [5.74, 6) is 0.362. The van der Waals surface area contributed by atoms with Crippen molar-refractivity contribution >= 4 is 51.5 Å². The van der Waals surface area contributed by atoms with Gasteiger partial charge in [-0.15, -0.1) is 10.2 Å². The number of anilines is 1. The van der Waals surface area contributed by atoms with Crippen LogP contribution in [0.5, 0.6) is 0 Å². The Hall–Kier alpha value is -1.44. The Kier molecular flexibility index (Phi) is 5.53. The lowest BCUT2D eigenvalue weighted by Gasteiger charge is -2.17. The zero-order chi connectivity index (χ0) is 17.1. The van der Waals surface area contributed by atoms with E-state index in [2.05, 4.69) is 10.2 Å². The zero-order valence-corrected chi connectivity index (χ0v) is 15.5. The van der Waals surface area contributed by atoms with E-state index < -0.39 is 0 Å². The zero-order valence-electron chi connectivity index (χ0n) is 13.1. The molecule has 1 saturated carbocycles. The van der Waals surface area contributed by atoms with E-state index in [0.717, 1.165) is 12.8 Å². The predicted octanol–water partition coefficient (Wildman–Crippen LogP) is 4.07. The highest BCUT2D eigenvalue weighted by Crippen LogP contribution is 2.36. The van der Waals surface area contributed by atoms with Crippen molar-refractivity contribution in [2.45, 2.75) is 36.6 Å². The molecule has 24 heavy (non-hydrogen) atoms. The minimum atomic E-state index is 0.0112. The minimum absolute atomic E-state index is 0.0112. The van der Waals surface area contributed by atoms with Crippen LogP contribution in [0.4, 0.5) is 5.13 Å². The maximum absolute atomic E-state index is 12.2. The number of rotatable bonds is 7. The van der Waals surface area contributed by atoms with E-state index in [0.29, 0.717) is 26.5 Å². The third-order valence-corrected chi connectivity index (χ3v) is 5.89. The van der Waals surface area contributed by atoms with Gasteiger partial charge >= 0.3 is 0 Å². The van der Waals surface area contributed by atoms with Crippen LogP contribution in [-0.2, 0) is 4.79 Å². The molecule has 0 N–H and O–H groups in total. The van der Waals surface area contributed by atoms with Crippen molar-refractivity contribution in [3.05, 3.63) is 34.9 Å². The molecule has 0 spiro atoms. The van der Waals surface area contributed by atoms with E-state index in [1.807, 2.05) is 6.92 Å². The second-order valence-electron chi connectivity index (χ2n) is 5.42. The van der Waals surface area contributed by atoms with Gasteiger partial charge in [0.05, 0.1) is 5.75 Å². The first-order valence-corrected chi connectivity index (χ1v) is 9.83. The SMILES string of the molecule is CCC(=O)N(c1nnc(SCC(=O)c2ccc(Cl)cc2)s1)C1CC1. The van der Waals surface area contributed by atoms with Crippen molar-refractivity contribution in [1.29, 1.82) is 0 Å². The van der Waals surface area contributed by atoms with E-state index in [9.17, 15) is 9.59 Å². The number of hydrogen-bond donors (Lipinski definition) is 0. The molecule has 0 unspecified atom stereocenters. The Balaban J connectivity index is 1.62. The van der Waals surface area contributed by atoms with Crippen LogP contribution in [0.15, 0.2) is 28.6 Å². The highest BCUT2D eigenvalue weighted by Gasteiger charge is 2.35. The molecule has 5 nitrogen and oxygen atoms in total. The minimum Gasteiger partial charge on any atom is -0.293 e. The van der Waals surface area contributed by atoms with Crippen molar-refractivity contribution in [1.82, 2.24) is 10.2 Å². The number of hydrogen-bond acceptors (Lipinski definition) is 6. The van der Waals surface area contributed by atoms with Crippen molar-refractivity contribution < 1.29 is 9.59 Å². The summed E-state index contributed by atoms with van der Waals surface area (Å²) >= 11 is 8.53. The van der Waals surface area contributed by atoms with Crippen LogP contribution in [0.25, 0.3) is 0 Å². The van der Waals surface area contributed by atoms with E-state index in [4.69, 9.17) is 11.6 Å². The van der Waals surface area contributed by atoms with E-state index >= 15 is 0 Å². The Labute approximate surface area is 153 Å². The van der Waals surface area contributed by atoms with Crippen molar-refractivity contribution in [3.63, 3.8) is 0 Å². The Morgan fingerprint density at radius 2 is 2.00 bits per heavy atom. The van der Waals surface area contributed by atoms with E-state index in [1.54, 1.807) is 29.2 Å². The Morgan fingerprint density at radius 3 is 2.62 bits per heavy atom. The predicted molar refractivity (Wildman–Crippen MR) is 97.2 cm³/mol. The van der Waals surface area contributed by atoms with Gasteiger partial charge in [0.15, 0.2) is 10.1 Å². The molecule has 1 aliphatic carbocycles. The molecule has 0 radical (unpaired) electrons. The van der Waals surface area contributed by atoms with Gasteiger partial charge in [-0.1, -0.05) is 41.6 Å². The van der Waals surface area contributed by atoms with Crippen LogP contribution in [0.3, 0.4) is 0 Å². The summed E-state index contributed by atoms with van der Waals surface area (Å²) < 4.78 is 0.696. The first-order chi connectivity index (χ1) is 11.6. The van der Waals surface area contributed by atoms with Crippen LogP contribution in [0, 0.1) is 0 Å². The highest BCUT2D eigenvalue weighted by atomic mass is 35.5. The standard InChI is InChI=1S/C16H16ClN3O2S2/c1-2-14(22)20(12-7-8-12)15-18-19-16(24-15)23-9-13(21)10-3-5-11(17)6-4-10/h3-6,12H,2,7-9H2,1H3. The summed E-state index contributed by atoms with van der Waals surface area (Å²) in [7, 11) is 0. The van der Waals surface area contributed by atoms with Crippen molar-refractivity contribution in [2.24, 2.45) is 0 Å². The quantitative estimate of drug-likeness (QED) is 0.411. The lowest BCUT2D eigenvalue weighted by atomic mass is 10.1. The van der Waals surface area contributed by atoms with Gasteiger partial charge in [0, 0.05) is 23.0 Å². The summed E-state index contributed by atoms with van der Waals surface area (Å²) in [5, 5.41) is 9.48. The van der Waals surface area contributed by atoms with Crippen molar-refractivity contribution in [2.75, 3.05) is 10.7 Å². The van der Waals surface area contributed by atoms with E-state index in [1.165, 1.54) is 23.1 Å². The van der Waals surface area contributed by atoms with E-state index in [-0.39, 0.29) is 23.5 Å². The summed E-state index contributed by atoms with van der Waals surface area (Å²) in [6.45, 7) is 1.85. The number of carbonyl (C=O) groups excluding carboxylic acids is 2. The number of carbonyl (C=O) groups is 2. The molecule has 1 aromatic heterocycles. The number of ketones is 1. The van der Waals surface area contributed by atoms with Crippen LogP contribution in [0.2, 0.25) is 5.02 Å². The van der Waals surface area contributed by atoms with Gasteiger partial charge in [0.2, 0.25) is 11.0 Å². The highest BCUT2D eigenvalue weighted by molar-refractivity contribution is 8.01. The van der Waals surface area contributed by atoms with Gasteiger partial charge in [-0.2, -0.15) is 0 Å². The Bertz CT molecular complexity index is 744. The van der Waals surface area contributed by atoms with Crippen LogP contribution in [-0.4, -0.2) is 33.7 Å². The summed E-state index contributed by atoms with van der Waals surface area (Å²) in [4.78, 5) is 26.0.